The molecule has 1 fully saturated rings. The van der Waals surface area contributed by atoms with Crippen LogP contribution in [-0.2, 0) is 0 Å². The van der Waals surface area contributed by atoms with Gasteiger partial charge in [0.2, 0.25) is 0 Å². The number of amides is 1. The van der Waals surface area contributed by atoms with Gasteiger partial charge >= 0.3 is 0 Å². The molecule has 1 aliphatic rings. The SMILES string of the molecule is O=C(c1cc(Br)cc(Br)c1)N1CCCC1c1cccs1. The molecule has 104 valence electrons. The van der Waals surface area contributed by atoms with Gasteiger partial charge in [0.05, 0.1) is 6.04 Å². The fourth-order valence-corrected chi connectivity index (χ4v) is 4.80. The van der Waals surface area contributed by atoms with Gasteiger partial charge in [-0.3, -0.25) is 4.79 Å². The highest BCUT2D eigenvalue weighted by atomic mass is 79.9. The molecule has 1 atom stereocenters. The van der Waals surface area contributed by atoms with E-state index in [4.69, 9.17) is 0 Å². The zero-order chi connectivity index (χ0) is 14.1. The molecule has 2 nitrogen and oxygen atoms in total. The molecule has 2 heterocycles. The zero-order valence-corrected chi connectivity index (χ0v) is 14.7. The van der Waals surface area contributed by atoms with Crippen molar-refractivity contribution >= 4 is 49.1 Å². The molecule has 1 aromatic carbocycles. The van der Waals surface area contributed by atoms with Crippen molar-refractivity contribution in [2.75, 3.05) is 6.54 Å². The molecule has 3 rings (SSSR count). The minimum atomic E-state index is 0.114. The van der Waals surface area contributed by atoms with Crippen LogP contribution in [-0.4, -0.2) is 17.4 Å². The number of hydrogen-bond donors (Lipinski definition) is 0. The lowest BCUT2D eigenvalue weighted by Gasteiger charge is -2.24. The number of benzene rings is 1. The zero-order valence-electron chi connectivity index (χ0n) is 10.7. The van der Waals surface area contributed by atoms with Crippen LogP contribution in [0.5, 0.6) is 0 Å². The third-order valence-corrected chi connectivity index (χ3v) is 5.38. The van der Waals surface area contributed by atoms with E-state index in [2.05, 4.69) is 49.4 Å². The molecule has 20 heavy (non-hydrogen) atoms. The first-order valence-corrected chi connectivity index (χ1v) is 8.92. The maximum Gasteiger partial charge on any atom is 0.254 e. The molecule has 0 bridgehead atoms. The minimum Gasteiger partial charge on any atom is -0.331 e. The fraction of sp³-hybridized carbons (Fsp3) is 0.267. The number of carbonyl (C=O) groups excluding carboxylic acids is 1. The Hall–Kier alpha value is -0.650. The summed E-state index contributed by atoms with van der Waals surface area (Å²) in [6.45, 7) is 0.839. The number of rotatable bonds is 2. The van der Waals surface area contributed by atoms with Crippen molar-refractivity contribution in [3.8, 4) is 0 Å². The summed E-state index contributed by atoms with van der Waals surface area (Å²) in [4.78, 5) is 16.0. The molecule has 0 N–H and O–H groups in total. The third-order valence-electron chi connectivity index (χ3n) is 3.49. The lowest BCUT2D eigenvalue weighted by molar-refractivity contribution is 0.0737. The molecule has 0 radical (unpaired) electrons. The quantitative estimate of drug-likeness (QED) is 0.656. The Labute approximate surface area is 139 Å². The van der Waals surface area contributed by atoms with Crippen molar-refractivity contribution in [2.24, 2.45) is 0 Å². The van der Waals surface area contributed by atoms with Gasteiger partial charge in [-0.15, -0.1) is 11.3 Å². The summed E-state index contributed by atoms with van der Waals surface area (Å²) in [6, 6.07) is 10.1. The second-order valence-corrected chi connectivity index (χ2v) is 7.64. The number of halogens is 2. The first-order valence-electron chi connectivity index (χ1n) is 6.45. The predicted octanol–water partition coefficient (Wildman–Crippen LogP) is 5.25. The average Bonchev–Trinajstić information content (AvgIpc) is 3.07. The largest absolute Gasteiger partial charge is 0.331 e. The highest BCUT2D eigenvalue weighted by Gasteiger charge is 2.31. The van der Waals surface area contributed by atoms with E-state index in [-0.39, 0.29) is 11.9 Å². The van der Waals surface area contributed by atoms with Gasteiger partial charge in [0.25, 0.3) is 5.91 Å². The average molecular weight is 415 g/mol. The fourth-order valence-electron chi connectivity index (χ4n) is 2.63. The summed E-state index contributed by atoms with van der Waals surface area (Å²) in [7, 11) is 0. The topological polar surface area (TPSA) is 20.3 Å². The molecule has 2 aromatic rings. The van der Waals surface area contributed by atoms with Crippen molar-refractivity contribution in [2.45, 2.75) is 18.9 Å². The van der Waals surface area contributed by atoms with E-state index in [0.717, 1.165) is 33.9 Å². The summed E-state index contributed by atoms with van der Waals surface area (Å²) in [5.74, 6) is 0.114. The normalized spacial score (nSPS) is 18.5. The lowest BCUT2D eigenvalue weighted by Crippen LogP contribution is -2.30. The van der Waals surface area contributed by atoms with Crippen LogP contribution in [0.25, 0.3) is 0 Å². The van der Waals surface area contributed by atoms with Gasteiger partial charge < -0.3 is 4.90 Å². The maximum absolute atomic E-state index is 12.7. The van der Waals surface area contributed by atoms with Crippen LogP contribution in [0.1, 0.15) is 34.1 Å². The van der Waals surface area contributed by atoms with E-state index in [1.54, 1.807) is 11.3 Å². The molecular formula is C15H13Br2NOS. The van der Waals surface area contributed by atoms with Crippen LogP contribution in [0.4, 0.5) is 0 Å². The van der Waals surface area contributed by atoms with Crippen molar-refractivity contribution in [1.82, 2.24) is 4.90 Å². The van der Waals surface area contributed by atoms with Crippen molar-refractivity contribution < 1.29 is 4.79 Å². The first kappa shape index (κ1) is 14.3. The van der Waals surface area contributed by atoms with E-state index >= 15 is 0 Å². The van der Waals surface area contributed by atoms with E-state index in [0.29, 0.717) is 0 Å². The molecule has 1 aromatic heterocycles. The lowest BCUT2D eigenvalue weighted by atomic mass is 10.1. The van der Waals surface area contributed by atoms with E-state index in [9.17, 15) is 4.79 Å². The Morgan fingerprint density at radius 3 is 2.65 bits per heavy atom. The molecule has 1 unspecified atom stereocenters. The van der Waals surface area contributed by atoms with Gasteiger partial charge in [0.15, 0.2) is 0 Å². The van der Waals surface area contributed by atoms with E-state index < -0.39 is 0 Å². The Bertz CT molecular complexity index is 607. The molecule has 1 amide bonds. The second kappa shape index (κ2) is 6.00. The Morgan fingerprint density at radius 2 is 2.00 bits per heavy atom. The molecule has 1 aliphatic heterocycles. The summed E-state index contributed by atoms with van der Waals surface area (Å²) in [5.41, 5.74) is 0.731. The minimum absolute atomic E-state index is 0.114. The predicted molar refractivity (Wildman–Crippen MR) is 89.2 cm³/mol. The van der Waals surface area contributed by atoms with Crippen LogP contribution in [0.15, 0.2) is 44.7 Å². The Morgan fingerprint density at radius 1 is 1.25 bits per heavy atom. The van der Waals surface area contributed by atoms with Gasteiger partial charge in [0.1, 0.15) is 0 Å². The standard InChI is InChI=1S/C15H13Br2NOS/c16-11-7-10(8-12(17)9-11)15(19)18-5-1-3-13(18)14-4-2-6-20-14/h2,4,6-9,13H,1,3,5H2. The monoisotopic (exact) mass is 413 g/mol. The van der Waals surface area contributed by atoms with Gasteiger partial charge in [-0.05, 0) is 42.5 Å². The van der Waals surface area contributed by atoms with Crippen LogP contribution in [0, 0.1) is 0 Å². The summed E-state index contributed by atoms with van der Waals surface area (Å²) in [6.07, 6.45) is 2.13. The number of thiophene rings is 1. The van der Waals surface area contributed by atoms with Gasteiger partial charge in [-0.25, -0.2) is 0 Å². The molecular weight excluding hydrogens is 402 g/mol. The van der Waals surface area contributed by atoms with Gasteiger partial charge in [-0.2, -0.15) is 0 Å². The summed E-state index contributed by atoms with van der Waals surface area (Å²) >= 11 is 8.62. The van der Waals surface area contributed by atoms with Crippen LogP contribution >= 0.6 is 43.2 Å². The van der Waals surface area contributed by atoms with E-state index in [1.807, 2.05) is 23.1 Å². The summed E-state index contributed by atoms with van der Waals surface area (Å²) in [5, 5.41) is 2.08. The van der Waals surface area contributed by atoms with Crippen molar-refractivity contribution in [1.29, 1.82) is 0 Å². The van der Waals surface area contributed by atoms with Crippen LogP contribution in [0.2, 0.25) is 0 Å². The van der Waals surface area contributed by atoms with E-state index in [1.165, 1.54) is 4.88 Å². The van der Waals surface area contributed by atoms with Gasteiger partial charge in [-0.1, -0.05) is 37.9 Å². The molecule has 0 saturated carbocycles. The molecule has 5 heteroatoms. The number of carbonyl (C=O) groups is 1. The number of hydrogen-bond acceptors (Lipinski definition) is 2. The number of nitrogens with zero attached hydrogens (tertiary/aromatic N) is 1. The molecule has 1 saturated heterocycles. The first-order chi connectivity index (χ1) is 9.65. The smallest absolute Gasteiger partial charge is 0.254 e. The van der Waals surface area contributed by atoms with Crippen molar-refractivity contribution in [3.63, 3.8) is 0 Å². The summed E-state index contributed by atoms with van der Waals surface area (Å²) < 4.78 is 1.84. The molecule has 0 aliphatic carbocycles. The molecule has 0 spiro atoms. The second-order valence-electron chi connectivity index (χ2n) is 4.83. The van der Waals surface area contributed by atoms with Crippen LogP contribution in [0.3, 0.4) is 0 Å². The number of likely N-dealkylation sites (tertiary alicyclic amines) is 1. The van der Waals surface area contributed by atoms with Gasteiger partial charge in [0, 0.05) is 25.9 Å². The third kappa shape index (κ3) is 2.85. The van der Waals surface area contributed by atoms with Crippen molar-refractivity contribution in [3.05, 3.63) is 55.1 Å². The Kier molecular flexibility index (Phi) is 4.29. The highest BCUT2D eigenvalue weighted by molar-refractivity contribution is 9.11. The maximum atomic E-state index is 12.7. The Balaban J connectivity index is 1.89. The van der Waals surface area contributed by atoms with Crippen LogP contribution < -0.4 is 0 Å². The highest BCUT2D eigenvalue weighted by Crippen LogP contribution is 2.36.